The van der Waals surface area contributed by atoms with Crippen LogP contribution in [0.2, 0.25) is 0 Å². The minimum atomic E-state index is -0.737. The highest BCUT2D eigenvalue weighted by atomic mass is 19.2. The first-order valence-corrected chi connectivity index (χ1v) is 7.38. The van der Waals surface area contributed by atoms with E-state index >= 15 is 0 Å². The second-order valence-electron chi connectivity index (χ2n) is 5.43. The molecular weight excluding hydrogens is 242 g/mol. The molecule has 19 heavy (non-hydrogen) atoms. The third-order valence-corrected chi connectivity index (χ3v) is 3.86. The van der Waals surface area contributed by atoms with E-state index < -0.39 is 11.6 Å². The molecule has 0 nitrogen and oxygen atoms in total. The summed E-state index contributed by atoms with van der Waals surface area (Å²) in [6, 6.07) is 2.68. The molecule has 0 fully saturated rings. The van der Waals surface area contributed by atoms with Gasteiger partial charge in [0.15, 0.2) is 11.6 Å². The number of hydrogen-bond donors (Lipinski definition) is 0. The van der Waals surface area contributed by atoms with Crippen LogP contribution in [-0.2, 0) is 6.42 Å². The minimum Gasteiger partial charge on any atom is -0.204 e. The maximum Gasteiger partial charge on any atom is 0.159 e. The van der Waals surface area contributed by atoms with Crippen LogP contribution in [0.25, 0.3) is 6.08 Å². The van der Waals surface area contributed by atoms with Gasteiger partial charge in [-0.2, -0.15) is 0 Å². The second kappa shape index (κ2) is 6.83. The Bertz CT molecular complexity index is 461. The summed E-state index contributed by atoms with van der Waals surface area (Å²) in [5, 5.41) is 0. The summed E-state index contributed by atoms with van der Waals surface area (Å²) >= 11 is 0. The fraction of sp³-hybridized carbons (Fsp3) is 0.529. The van der Waals surface area contributed by atoms with E-state index in [4.69, 9.17) is 0 Å². The predicted octanol–water partition coefficient (Wildman–Crippen LogP) is 5.65. The fourth-order valence-corrected chi connectivity index (χ4v) is 2.69. The molecular formula is C17H22F2. The number of aryl methyl sites for hydroxylation is 1. The zero-order valence-corrected chi connectivity index (χ0v) is 11.6. The van der Waals surface area contributed by atoms with Crippen LogP contribution >= 0.6 is 0 Å². The molecule has 0 aliphatic heterocycles. The molecule has 0 spiro atoms. The summed E-state index contributed by atoms with van der Waals surface area (Å²) in [6.07, 6.45) is 11.4. The van der Waals surface area contributed by atoms with Crippen molar-refractivity contribution in [3.05, 3.63) is 40.5 Å². The molecule has 0 saturated carbocycles. The van der Waals surface area contributed by atoms with Gasteiger partial charge >= 0.3 is 0 Å². The fourth-order valence-electron chi connectivity index (χ4n) is 2.69. The lowest BCUT2D eigenvalue weighted by Gasteiger charge is -2.17. The normalized spacial score (nSPS) is 14.2. The summed E-state index contributed by atoms with van der Waals surface area (Å²) in [7, 11) is 0. The molecule has 104 valence electrons. The average Bonchev–Trinajstić information content (AvgIpc) is 2.40. The van der Waals surface area contributed by atoms with Gasteiger partial charge in [0.25, 0.3) is 0 Å². The van der Waals surface area contributed by atoms with Gasteiger partial charge in [-0.3, -0.25) is 0 Å². The van der Waals surface area contributed by atoms with E-state index in [1.807, 2.05) is 0 Å². The Morgan fingerprint density at radius 3 is 2.47 bits per heavy atom. The van der Waals surface area contributed by atoms with Gasteiger partial charge in [-0.05, 0) is 48.9 Å². The van der Waals surface area contributed by atoms with E-state index in [9.17, 15) is 8.78 Å². The molecule has 1 aromatic carbocycles. The van der Waals surface area contributed by atoms with E-state index in [0.29, 0.717) is 0 Å². The van der Waals surface area contributed by atoms with Crippen molar-refractivity contribution < 1.29 is 8.78 Å². The predicted molar refractivity (Wildman–Crippen MR) is 76.0 cm³/mol. The summed E-state index contributed by atoms with van der Waals surface area (Å²) in [5.74, 6) is -1.46. The number of halogens is 2. The van der Waals surface area contributed by atoms with Crippen molar-refractivity contribution in [2.24, 2.45) is 0 Å². The Hall–Kier alpha value is -1.18. The van der Waals surface area contributed by atoms with E-state index in [1.54, 1.807) is 0 Å². The Morgan fingerprint density at radius 2 is 1.68 bits per heavy atom. The van der Waals surface area contributed by atoms with Crippen LogP contribution in [0.3, 0.4) is 0 Å². The van der Waals surface area contributed by atoms with Gasteiger partial charge in [-0.15, -0.1) is 0 Å². The molecule has 0 atom stereocenters. The molecule has 1 aliphatic carbocycles. The quantitative estimate of drug-likeness (QED) is 0.582. The van der Waals surface area contributed by atoms with Crippen molar-refractivity contribution in [1.29, 1.82) is 0 Å². The van der Waals surface area contributed by atoms with Crippen LogP contribution in [0.1, 0.15) is 63.0 Å². The Balaban J connectivity index is 1.93. The lowest BCUT2D eigenvalue weighted by molar-refractivity contribution is 0.506. The highest BCUT2D eigenvalue weighted by Crippen LogP contribution is 2.28. The first kappa shape index (κ1) is 14.2. The summed E-state index contributed by atoms with van der Waals surface area (Å²) in [6.45, 7) is 2.22. The second-order valence-corrected chi connectivity index (χ2v) is 5.43. The molecule has 0 unspecified atom stereocenters. The number of rotatable bonds is 6. The van der Waals surface area contributed by atoms with Gasteiger partial charge in [-0.1, -0.05) is 44.3 Å². The standard InChI is InChI=1S/C17H22F2/c1-2-3-4-5-6-7-13-8-9-14-11-16(18)17(19)12-15(14)10-13/h10-12H,2-9H2,1H3. The third-order valence-electron chi connectivity index (χ3n) is 3.86. The largest absolute Gasteiger partial charge is 0.204 e. The Labute approximate surface area is 114 Å². The van der Waals surface area contributed by atoms with Gasteiger partial charge in [0.2, 0.25) is 0 Å². The highest BCUT2D eigenvalue weighted by molar-refractivity contribution is 5.59. The number of allylic oxidation sites excluding steroid dienone is 1. The van der Waals surface area contributed by atoms with Crippen molar-refractivity contribution in [3.8, 4) is 0 Å². The lowest BCUT2D eigenvalue weighted by Crippen LogP contribution is -2.02. The molecule has 0 aromatic heterocycles. The Kier molecular flexibility index (Phi) is 5.12. The SMILES string of the molecule is CCCCCCCC1=Cc2cc(F)c(F)cc2CC1. The van der Waals surface area contributed by atoms with Crippen LogP contribution < -0.4 is 0 Å². The molecule has 0 bridgehead atoms. The van der Waals surface area contributed by atoms with Crippen molar-refractivity contribution in [2.45, 2.75) is 58.3 Å². The van der Waals surface area contributed by atoms with Gasteiger partial charge in [-0.25, -0.2) is 8.78 Å². The molecule has 0 saturated heterocycles. The number of fused-ring (bicyclic) bond motifs is 1. The first-order chi connectivity index (χ1) is 9.20. The van der Waals surface area contributed by atoms with Crippen LogP contribution in [0.4, 0.5) is 8.78 Å². The van der Waals surface area contributed by atoms with Crippen LogP contribution in [0, 0.1) is 11.6 Å². The maximum absolute atomic E-state index is 13.2. The first-order valence-electron chi connectivity index (χ1n) is 7.38. The molecule has 0 N–H and O–H groups in total. The third kappa shape index (κ3) is 3.89. The summed E-state index contributed by atoms with van der Waals surface area (Å²) in [4.78, 5) is 0. The molecule has 0 amide bonds. The molecule has 1 aromatic rings. The summed E-state index contributed by atoms with van der Waals surface area (Å²) < 4.78 is 26.3. The molecule has 1 aliphatic rings. The van der Waals surface area contributed by atoms with Crippen LogP contribution in [-0.4, -0.2) is 0 Å². The van der Waals surface area contributed by atoms with Gasteiger partial charge in [0, 0.05) is 0 Å². The van der Waals surface area contributed by atoms with E-state index in [2.05, 4.69) is 13.0 Å². The van der Waals surface area contributed by atoms with Crippen molar-refractivity contribution in [3.63, 3.8) is 0 Å². The van der Waals surface area contributed by atoms with Crippen molar-refractivity contribution >= 4 is 6.08 Å². The molecule has 2 rings (SSSR count). The highest BCUT2D eigenvalue weighted by Gasteiger charge is 2.13. The number of benzene rings is 1. The van der Waals surface area contributed by atoms with E-state index in [0.717, 1.165) is 30.4 Å². The van der Waals surface area contributed by atoms with Gasteiger partial charge < -0.3 is 0 Å². The zero-order valence-electron chi connectivity index (χ0n) is 11.6. The Morgan fingerprint density at radius 1 is 0.947 bits per heavy atom. The van der Waals surface area contributed by atoms with E-state index in [-0.39, 0.29) is 0 Å². The van der Waals surface area contributed by atoms with Gasteiger partial charge in [0.1, 0.15) is 0 Å². The zero-order chi connectivity index (χ0) is 13.7. The molecule has 0 radical (unpaired) electrons. The monoisotopic (exact) mass is 264 g/mol. The topological polar surface area (TPSA) is 0 Å². The molecule has 2 heteroatoms. The summed E-state index contributed by atoms with van der Waals surface area (Å²) in [5.41, 5.74) is 3.19. The average molecular weight is 264 g/mol. The number of unbranched alkanes of at least 4 members (excludes halogenated alkanes) is 4. The van der Waals surface area contributed by atoms with Crippen LogP contribution in [0.5, 0.6) is 0 Å². The van der Waals surface area contributed by atoms with Gasteiger partial charge in [0.05, 0.1) is 0 Å². The van der Waals surface area contributed by atoms with Crippen molar-refractivity contribution in [1.82, 2.24) is 0 Å². The van der Waals surface area contributed by atoms with E-state index in [1.165, 1.54) is 49.8 Å². The minimum absolute atomic E-state index is 0.727. The van der Waals surface area contributed by atoms with Crippen LogP contribution in [0.15, 0.2) is 17.7 Å². The smallest absolute Gasteiger partial charge is 0.159 e. The maximum atomic E-state index is 13.2. The van der Waals surface area contributed by atoms with Crippen molar-refractivity contribution in [2.75, 3.05) is 0 Å². The molecule has 0 heterocycles. The lowest BCUT2D eigenvalue weighted by atomic mass is 9.89. The number of hydrogen-bond acceptors (Lipinski definition) is 0.